The molecular formula is C20H28N2O5. The molecule has 7 heteroatoms. The first-order chi connectivity index (χ1) is 13.1. The van der Waals surface area contributed by atoms with Gasteiger partial charge in [0.05, 0.1) is 19.8 Å². The van der Waals surface area contributed by atoms with Gasteiger partial charge in [-0.15, -0.1) is 0 Å². The van der Waals surface area contributed by atoms with E-state index in [-0.39, 0.29) is 22.8 Å². The number of pyridine rings is 1. The Kier molecular flexibility index (Phi) is 5.34. The zero-order valence-corrected chi connectivity index (χ0v) is 15.9. The first-order valence-corrected chi connectivity index (χ1v) is 9.78. The molecule has 0 aromatic carbocycles. The van der Waals surface area contributed by atoms with Gasteiger partial charge in [-0.25, -0.2) is 0 Å². The first kappa shape index (κ1) is 18.7. The number of nitrogens with zero attached hydrogens (tertiary/aromatic N) is 2. The van der Waals surface area contributed by atoms with E-state index in [2.05, 4.69) is 0 Å². The van der Waals surface area contributed by atoms with Gasteiger partial charge in [-0.3, -0.25) is 9.59 Å². The lowest BCUT2D eigenvalue weighted by molar-refractivity contribution is -0.0151. The van der Waals surface area contributed by atoms with Crippen LogP contribution in [0.15, 0.2) is 23.0 Å². The van der Waals surface area contributed by atoms with Gasteiger partial charge in [-0.1, -0.05) is 6.07 Å². The molecule has 7 nitrogen and oxygen atoms in total. The van der Waals surface area contributed by atoms with Gasteiger partial charge in [0.15, 0.2) is 0 Å². The molecule has 3 saturated heterocycles. The number of ether oxygens (including phenoxy) is 3. The molecule has 3 aliphatic rings. The molecule has 4 heterocycles. The van der Waals surface area contributed by atoms with E-state index in [9.17, 15) is 9.59 Å². The summed E-state index contributed by atoms with van der Waals surface area (Å²) in [4.78, 5) is 26.7. The van der Waals surface area contributed by atoms with Crippen molar-refractivity contribution in [3.05, 3.63) is 34.2 Å². The average Bonchev–Trinajstić information content (AvgIpc) is 3.21. The lowest BCUT2D eigenvalue weighted by Gasteiger charge is -2.29. The number of carbonyl (C=O) groups excluding carboxylic acids is 1. The van der Waals surface area contributed by atoms with Crippen LogP contribution in [0.3, 0.4) is 0 Å². The number of likely N-dealkylation sites (tertiary alicyclic amines) is 1. The van der Waals surface area contributed by atoms with Crippen LogP contribution in [0.1, 0.15) is 23.3 Å². The van der Waals surface area contributed by atoms with Gasteiger partial charge in [-0.2, -0.15) is 0 Å². The topological polar surface area (TPSA) is 70.0 Å². The van der Waals surface area contributed by atoms with Crippen molar-refractivity contribution in [2.45, 2.75) is 12.8 Å². The Labute approximate surface area is 159 Å². The van der Waals surface area contributed by atoms with Gasteiger partial charge in [-0.05, 0) is 24.8 Å². The summed E-state index contributed by atoms with van der Waals surface area (Å²) in [7, 11) is 1.64. The third-order valence-electron chi connectivity index (χ3n) is 6.30. The molecule has 0 aliphatic carbocycles. The quantitative estimate of drug-likeness (QED) is 0.764. The summed E-state index contributed by atoms with van der Waals surface area (Å²) in [6, 6.07) is 4.82. The zero-order valence-electron chi connectivity index (χ0n) is 15.9. The maximum Gasteiger partial charge on any atom is 0.270 e. The Balaban J connectivity index is 1.41. The lowest BCUT2D eigenvalue weighted by Crippen LogP contribution is -2.39. The maximum absolute atomic E-state index is 13.0. The molecule has 0 radical (unpaired) electrons. The van der Waals surface area contributed by atoms with Gasteiger partial charge in [0.25, 0.3) is 11.5 Å². The highest BCUT2D eigenvalue weighted by Gasteiger charge is 2.52. The Hall–Kier alpha value is -1.70. The lowest BCUT2D eigenvalue weighted by atomic mass is 9.82. The van der Waals surface area contributed by atoms with Crippen molar-refractivity contribution in [2.24, 2.45) is 24.3 Å². The Bertz CT molecular complexity index is 742. The van der Waals surface area contributed by atoms with Crippen molar-refractivity contribution in [2.75, 3.05) is 52.7 Å². The second-order valence-corrected chi connectivity index (χ2v) is 8.14. The van der Waals surface area contributed by atoms with Gasteiger partial charge < -0.3 is 23.7 Å². The van der Waals surface area contributed by atoms with Crippen LogP contribution in [0.5, 0.6) is 0 Å². The Morgan fingerprint density at radius 1 is 1.30 bits per heavy atom. The molecule has 1 amide bonds. The summed E-state index contributed by atoms with van der Waals surface area (Å²) >= 11 is 0. The van der Waals surface area contributed by atoms with Crippen molar-refractivity contribution in [3.63, 3.8) is 0 Å². The van der Waals surface area contributed by atoms with E-state index in [4.69, 9.17) is 14.2 Å². The van der Waals surface area contributed by atoms with Gasteiger partial charge >= 0.3 is 0 Å². The molecular weight excluding hydrogens is 348 g/mol. The fourth-order valence-electron chi connectivity index (χ4n) is 4.47. The molecule has 3 aliphatic heterocycles. The second kappa shape index (κ2) is 7.73. The first-order valence-electron chi connectivity index (χ1n) is 9.78. The molecule has 0 spiro atoms. The molecule has 3 fully saturated rings. The normalized spacial score (nSPS) is 28.5. The summed E-state index contributed by atoms with van der Waals surface area (Å²) in [6.45, 7) is 5.58. The predicted molar refractivity (Wildman–Crippen MR) is 98.7 cm³/mol. The highest BCUT2D eigenvalue weighted by Crippen LogP contribution is 2.42. The molecule has 0 unspecified atom stereocenters. The van der Waals surface area contributed by atoms with Crippen molar-refractivity contribution in [1.29, 1.82) is 0 Å². The molecule has 0 N–H and O–H groups in total. The number of carbonyl (C=O) groups is 1. The monoisotopic (exact) mass is 376 g/mol. The SMILES string of the molecule is Cn1c(C(=O)N2C[C@@H]3COC[C@]3(COCC3CCOCC3)C2)cccc1=O. The molecule has 2 atom stereocenters. The van der Waals surface area contributed by atoms with Gasteiger partial charge in [0, 0.05) is 57.4 Å². The summed E-state index contributed by atoms with van der Waals surface area (Å²) in [6.07, 6.45) is 2.11. The van der Waals surface area contributed by atoms with Crippen LogP contribution >= 0.6 is 0 Å². The molecule has 148 valence electrons. The number of hydrogen-bond donors (Lipinski definition) is 0. The molecule has 1 aromatic heterocycles. The Morgan fingerprint density at radius 2 is 2.11 bits per heavy atom. The fraction of sp³-hybridized carbons (Fsp3) is 0.700. The molecule has 0 saturated carbocycles. The van der Waals surface area contributed by atoms with Gasteiger partial charge in [0.2, 0.25) is 0 Å². The summed E-state index contributed by atoms with van der Waals surface area (Å²) in [5, 5.41) is 0. The average molecular weight is 376 g/mol. The van der Waals surface area contributed by atoms with Crippen LogP contribution in [0.2, 0.25) is 0 Å². The van der Waals surface area contributed by atoms with E-state index in [1.54, 1.807) is 19.2 Å². The minimum atomic E-state index is -0.168. The van der Waals surface area contributed by atoms with Crippen molar-refractivity contribution in [3.8, 4) is 0 Å². The number of hydrogen-bond acceptors (Lipinski definition) is 5. The van der Waals surface area contributed by atoms with Crippen molar-refractivity contribution in [1.82, 2.24) is 9.47 Å². The minimum absolute atomic E-state index is 0.0894. The van der Waals surface area contributed by atoms with E-state index < -0.39 is 0 Å². The molecule has 27 heavy (non-hydrogen) atoms. The van der Waals surface area contributed by atoms with E-state index in [0.29, 0.717) is 44.5 Å². The highest BCUT2D eigenvalue weighted by atomic mass is 16.5. The zero-order chi connectivity index (χ0) is 18.9. The number of rotatable bonds is 5. The molecule has 0 bridgehead atoms. The summed E-state index contributed by atoms with van der Waals surface area (Å²) < 4.78 is 18.7. The summed E-state index contributed by atoms with van der Waals surface area (Å²) in [5.74, 6) is 0.763. The number of amides is 1. The van der Waals surface area contributed by atoms with Gasteiger partial charge in [0.1, 0.15) is 5.69 Å². The van der Waals surface area contributed by atoms with E-state index in [1.165, 1.54) is 10.6 Å². The van der Waals surface area contributed by atoms with Crippen LogP contribution < -0.4 is 5.56 Å². The van der Waals surface area contributed by atoms with Crippen LogP contribution in [0.4, 0.5) is 0 Å². The van der Waals surface area contributed by atoms with Crippen LogP contribution in [0.25, 0.3) is 0 Å². The standard InChI is InChI=1S/C20H28N2O5/c1-21-17(3-2-4-18(21)23)19(24)22-9-16-11-27-14-20(16,12-22)13-26-10-15-5-7-25-8-6-15/h2-4,15-16H,5-14H2,1H3/t16-,20-/m1/s1. The van der Waals surface area contributed by atoms with Crippen LogP contribution in [-0.2, 0) is 21.3 Å². The minimum Gasteiger partial charge on any atom is -0.381 e. The van der Waals surface area contributed by atoms with E-state index in [0.717, 1.165) is 32.7 Å². The van der Waals surface area contributed by atoms with Crippen LogP contribution in [-0.4, -0.2) is 68.1 Å². The Morgan fingerprint density at radius 3 is 2.93 bits per heavy atom. The highest BCUT2D eigenvalue weighted by molar-refractivity contribution is 5.92. The smallest absolute Gasteiger partial charge is 0.270 e. The van der Waals surface area contributed by atoms with E-state index in [1.807, 2.05) is 4.90 Å². The number of fused-ring (bicyclic) bond motifs is 1. The molecule has 4 rings (SSSR count). The molecule has 1 aromatic rings. The third kappa shape index (κ3) is 3.68. The van der Waals surface area contributed by atoms with Crippen LogP contribution in [0, 0.1) is 17.3 Å². The maximum atomic E-state index is 13.0. The predicted octanol–water partition coefficient (Wildman–Crippen LogP) is 0.917. The largest absolute Gasteiger partial charge is 0.381 e. The van der Waals surface area contributed by atoms with Crippen molar-refractivity contribution >= 4 is 5.91 Å². The second-order valence-electron chi connectivity index (χ2n) is 8.14. The van der Waals surface area contributed by atoms with Crippen molar-refractivity contribution < 1.29 is 19.0 Å². The summed E-state index contributed by atoms with van der Waals surface area (Å²) in [5.41, 5.74) is 0.133. The third-order valence-corrected chi connectivity index (χ3v) is 6.30. The number of aromatic nitrogens is 1. The van der Waals surface area contributed by atoms with E-state index >= 15 is 0 Å². The fourth-order valence-corrected chi connectivity index (χ4v) is 4.47.